The van der Waals surface area contributed by atoms with Crippen molar-refractivity contribution in [3.63, 3.8) is 0 Å². The smallest absolute Gasteiger partial charge is 0.329 e. The molecule has 0 radical (unpaired) electrons. The number of esters is 2. The minimum Gasteiger partial charge on any atom is -0.480 e. The lowest BCUT2D eigenvalue weighted by Gasteiger charge is -2.24. The van der Waals surface area contributed by atoms with Crippen LogP contribution < -0.4 is 16.0 Å². The molecule has 0 unspecified atom stereocenters. The van der Waals surface area contributed by atoms with Gasteiger partial charge in [0, 0.05) is 32.4 Å². The van der Waals surface area contributed by atoms with E-state index in [1.54, 1.807) is 20.8 Å². The summed E-state index contributed by atoms with van der Waals surface area (Å²) in [6, 6.07) is -0.931. The van der Waals surface area contributed by atoms with E-state index >= 15 is 0 Å². The third-order valence-corrected chi connectivity index (χ3v) is 8.48. The standard InChI is InChI=1S/C43H79N3O13/c1-42(2,3)58-40(52)22-20-18-16-14-12-10-8-7-9-11-13-15-17-19-21-37(48)46-35(41(53)59-43(4,5)6)23-24-36(47)44-25-27-54-29-31-56-33-38(49)45-26-28-55-30-32-57-34-39(50)51/h35H,7-34H2,1-6H3,(H,44,47)(H,45,49)(H,46,48)(H,50,51)/t35-/m0/s1. The fraction of sp³-hybridized carbons (Fsp3) is 0.860. The van der Waals surface area contributed by atoms with Gasteiger partial charge in [0.15, 0.2) is 0 Å². The first-order valence-electron chi connectivity index (χ1n) is 21.8. The summed E-state index contributed by atoms with van der Waals surface area (Å²) in [4.78, 5) is 72.0. The molecule has 0 saturated carbocycles. The van der Waals surface area contributed by atoms with Crippen molar-refractivity contribution in [1.29, 1.82) is 0 Å². The Kier molecular flexibility index (Phi) is 33.4. The van der Waals surface area contributed by atoms with E-state index in [1.807, 2.05) is 20.8 Å². The summed E-state index contributed by atoms with van der Waals surface area (Å²) in [6.07, 6.45) is 16.6. The Balaban J connectivity index is 4.00. The third-order valence-electron chi connectivity index (χ3n) is 8.48. The van der Waals surface area contributed by atoms with Crippen LogP contribution in [0, 0.1) is 0 Å². The maximum atomic E-state index is 12.9. The number of ether oxygens (including phenoxy) is 6. The highest BCUT2D eigenvalue weighted by Crippen LogP contribution is 2.16. The lowest BCUT2D eigenvalue weighted by atomic mass is 10.0. The van der Waals surface area contributed by atoms with Crippen LogP contribution in [-0.2, 0) is 57.2 Å². The maximum absolute atomic E-state index is 12.9. The normalized spacial score (nSPS) is 12.1. The molecule has 0 aromatic heterocycles. The van der Waals surface area contributed by atoms with Gasteiger partial charge in [-0.05, 0) is 60.8 Å². The first kappa shape index (κ1) is 55.7. The van der Waals surface area contributed by atoms with Gasteiger partial charge >= 0.3 is 17.9 Å². The molecular weight excluding hydrogens is 766 g/mol. The average Bonchev–Trinajstić information content (AvgIpc) is 3.13. The van der Waals surface area contributed by atoms with E-state index in [9.17, 15) is 28.8 Å². The number of carboxylic acids is 1. The van der Waals surface area contributed by atoms with Crippen LogP contribution in [0.4, 0.5) is 0 Å². The van der Waals surface area contributed by atoms with E-state index in [2.05, 4.69) is 16.0 Å². The molecule has 0 aromatic carbocycles. The molecule has 0 aromatic rings. The minimum atomic E-state index is -1.05. The van der Waals surface area contributed by atoms with E-state index in [0.717, 1.165) is 38.5 Å². The van der Waals surface area contributed by atoms with Crippen molar-refractivity contribution in [1.82, 2.24) is 16.0 Å². The molecule has 0 aliphatic heterocycles. The fourth-order valence-electron chi connectivity index (χ4n) is 5.66. The lowest BCUT2D eigenvalue weighted by Crippen LogP contribution is -2.44. The molecule has 344 valence electrons. The van der Waals surface area contributed by atoms with E-state index < -0.39 is 29.2 Å². The molecule has 16 heteroatoms. The molecule has 0 aliphatic carbocycles. The van der Waals surface area contributed by atoms with Gasteiger partial charge in [0.25, 0.3) is 0 Å². The van der Waals surface area contributed by atoms with Crippen molar-refractivity contribution in [2.24, 2.45) is 0 Å². The van der Waals surface area contributed by atoms with Crippen molar-refractivity contribution in [3.8, 4) is 0 Å². The Morgan fingerprint density at radius 2 is 0.898 bits per heavy atom. The largest absolute Gasteiger partial charge is 0.480 e. The molecule has 0 spiro atoms. The molecule has 1 atom stereocenters. The number of carboxylic acid groups (broad SMARTS) is 1. The van der Waals surface area contributed by atoms with Crippen LogP contribution in [0.15, 0.2) is 0 Å². The van der Waals surface area contributed by atoms with E-state index in [-0.39, 0.29) is 102 Å². The number of hydrogen-bond donors (Lipinski definition) is 4. The summed E-state index contributed by atoms with van der Waals surface area (Å²) >= 11 is 0. The first-order chi connectivity index (χ1) is 28.0. The van der Waals surface area contributed by atoms with Crippen molar-refractivity contribution in [3.05, 3.63) is 0 Å². The van der Waals surface area contributed by atoms with Crippen molar-refractivity contribution >= 4 is 35.6 Å². The van der Waals surface area contributed by atoms with Gasteiger partial charge in [0.05, 0.1) is 39.6 Å². The van der Waals surface area contributed by atoms with Crippen molar-refractivity contribution in [2.75, 3.05) is 65.9 Å². The zero-order chi connectivity index (χ0) is 44.2. The second-order valence-electron chi connectivity index (χ2n) is 16.7. The van der Waals surface area contributed by atoms with Crippen LogP contribution in [0.5, 0.6) is 0 Å². The SMILES string of the molecule is CC(C)(C)OC(=O)CCCCCCCCCCCCCCCCC(=O)N[C@@H](CCC(=O)NCCOCCOCC(=O)NCCOCCOCC(=O)O)C(=O)OC(C)(C)C. The Morgan fingerprint density at radius 1 is 0.475 bits per heavy atom. The van der Waals surface area contributed by atoms with Crippen molar-refractivity contribution < 1.29 is 62.3 Å². The van der Waals surface area contributed by atoms with Gasteiger partial charge in [-0.3, -0.25) is 19.2 Å². The summed E-state index contributed by atoms with van der Waals surface area (Å²) in [5.41, 5.74) is -1.15. The highest BCUT2D eigenvalue weighted by molar-refractivity contribution is 5.85. The number of carbonyl (C=O) groups is 6. The predicted molar refractivity (Wildman–Crippen MR) is 224 cm³/mol. The summed E-state index contributed by atoms with van der Waals surface area (Å²) in [7, 11) is 0. The van der Waals surface area contributed by atoms with Gasteiger partial charge in [-0.2, -0.15) is 0 Å². The Bertz CT molecular complexity index is 1150. The molecule has 0 bridgehead atoms. The molecule has 0 fully saturated rings. The van der Waals surface area contributed by atoms with Crippen molar-refractivity contribution in [2.45, 2.75) is 174 Å². The number of nitrogens with one attached hydrogen (secondary N) is 3. The van der Waals surface area contributed by atoms with Gasteiger partial charge in [-0.1, -0.05) is 77.0 Å². The number of hydrogen-bond acceptors (Lipinski definition) is 12. The maximum Gasteiger partial charge on any atom is 0.329 e. The quantitative estimate of drug-likeness (QED) is 0.0443. The fourth-order valence-corrected chi connectivity index (χ4v) is 5.66. The van der Waals surface area contributed by atoms with Crippen LogP contribution in [0.2, 0.25) is 0 Å². The monoisotopic (exact) mass is 846 g/mol. The van der Waals surface area contributed by atoms with Gasteiger partial charge < -0.3 is 49.5 Å². The molecule has 0 heterocycles. The van der Waals surface area contributed by atoms with Gasteiger partial charge in [-0.25, -0.2) is 9.59 Å². The molecule has 0 aliphatic rings. The van der Waals surface area contributed by atoms with Gasteiger partial charge in [0.2, 0.25) is 17.7 Å². The summed E-state index contributed by atoms with van der Waals surface area (Å²) in [5.74, 6) is -2.56. The Labute approximate surface area is 353 Å². The highest BCUT2D eigenvalue weighted by atomic mass is 16.6. The zero-order valence-corrected chi connectivity index (χ0v) is 37.2. The molecule has 16 nitrogen and oxygen atoms in total. The van der Waals surface area contributed by atoms with Gasteiger partial charge in [-0.15, -0.1) is 0 Å². The highest BCUT2D eigenvalue weighted by Gasteiger charge is 2.27. The lowest BCUT2D eigenvalue weighted by molar-refractivity contribution is -0.159. The molecule has 4 N–H and O–H groups in total. The van der Waals surface area contributed by atoms with Crippen LogP contribution >= 0.6 is 0 Å². The number of rotatable bonds is 38. The molecule has 0 saturated heterocycles. The summed E-state index contributed by atoms with van der Waals surface area (Å²) in [6.45, 7) is 12.2. The number of amides is 3. The van der Waals surface area contributed by atoms with E-state index in [0.29, 0.717) is 12.8 Å². The van der Waals surface area contributed by atoms with Crippen LogP contribution in [-0.4, -0.2) is 124 Å². The first-order valence-corrected chi connectivity index (χ1v) is 21.8. The molecular formula is C43H79N3O13. The number of unbranched alkanes of at least 4 members (excludes halogenated alkanes) is 13. The van der Waals surface area contributed by atoms with Crippen LogP contribution in [0.25, 0.3) is 0 Å². The average molecular weight is 846 g/mol. The third kappa shape index (κ3) is 41.2. The zero-order valence-electron chi connectivity index (χ0n) is 37.2. The Hall–Kier alpha value is -3.34. The summed E-state index contributed by atoms with van der Waals surface area (Å²) in [5, 5.41) is 16.6. The molecule has 0 rings (SSSR count). The van der Waals surface area contributed by atoms with Crippen LogP contribution in [0.1, 0.15) is 157 Å². The molecule has 3 amide bonds. The summed E-state index contributed by atoms with van der Waals surface area (Å²) < 4.78 is 31.6. The Morgan fingerprint density at radius 3 is 1.37 bits per heavy atom. The second-order valence-corrected chi connectivity index (χ2v) is 16.7. The second kappa shape index (κ2) is 35.4. The molecule has 59 heavy (non-hydrogen) atoms. The number of carbonyl (C=O) groups excluding carboxylic acids is 5. The minimum absolute atomic E-state index is 0.0172. The topological polar surface area (TPSA) is 214 Å². The van der Waals surface area contributed by atoms with E-state index in [1.165, 1.54) is 51.4 Å². The predicted octanol–water partition coefficient (Wildman–Crippen LogP) is 5.56. The van der Waals surface area contributed by atoms with E-state index in [4.69, 9.17) is 33.5 Å². The van der Waals surface area contributed by atoms with Crippen LogP contribution in [0.3, 0.4) is 0 Å². The number of aliphatic carboxylic acids is 1. The van der Waals surface area contributed by atoms with Gasteiger partial charge in [0.1, 0.15) is 30.5 Å².